The summed E-state index contributed by atoms with van der Waals surface area (Å²) in [4.78, 5) is 31.1. The Kier molecular flexibility index (Phi) is 6.24. The first-order valence-electron chi connectivity index (χ1n) is 13.3. The minimum Gasteiger partial charge on any atom is -0.360 e. The minimum atomic E-state index is -0.584. The van der Waals surface area contributed by atoms with E-state index in [4.69, 9.17) is 0 Å². The van der Waals surface area contributed by atoms with E-state index in [9.17, 15) is 9.59 Å². The number of ketones is 1. The molecule has 0 bridgehead atoms. The zero-order valence-corrected chi connectivity index (χ0v) is 23.0. The molecule has 3 heterocycles. The van der Waals surface area contributed by atoms with Crippen molar-refractivity contribution in [2.24, 2.45) is 0 Å². The largest absolute Gasteiger partial charge is 0.360 e. The molecule has 0 aliphatic rings. The number of H-pyrrole nitrogens is 1. The first-order valence-corrected chi connectivity index (χ1v) is 14.2. The Bertz CT molecular complexity index is 2110. The fraction of sp³-hybridized carbons (Fsp3) is 0.0909. The molecule has 0 radical (unpaired) electrons. The van der Waals surface area contributed by atoms with Gasteiger partial charge in [0.05, 0.1) is 17.4 Å². The Labute approximate surface area is 239 Å². The highest BCUT2D eigenvalue weighted by Crippen LogP contribution is 2.39. The van der Waals surface area contributed by atoms with Crippen LogP contribution < -0.4 is 5.56 Å². The highest BCUT2D eigenvalue weighted by molar-refractivity contribution is 8.00. The molecule has 0 aliphatic carbocycles. The number of carbonyl (C=O) groups is 1. The predicted octanol–water partition coefficient (Wildman–Crippen LogP) is 6.60. The molecule has 0 unspecified atom stereocenters. The highest BCUT2D eigenvalue weighted by Gasteiger charge is 2.28. The maximum Gasteiger partial charge on any atom is 0.263 e. The SMILES string of the molecule is Cc1ccc(Cn2c(=O)c3ccccc3n3c(S[C@@H](C(=O)c4c[nH]c5ccccc45)c4ccccc4)nnc23)cc1. The van der Waals surface area contributed by atoms with Gasteiger partial charge in [0.1, 0.15) is 5.25 Å². The quantitative estimate of drug-likeness (QED) is 0.177. The average molecular weight is 556 g/mol. The van der Waals surface area contributed by atoms with E-state index in [1.54, 1.807) is 10.8 Å². The van der Waals surface area contributed by atoms with Gasteiger partial charge in [0.2, 0.25) is 5.78 Å². The number of thioether (sulfide) groups is 1. The van der Waals surface area contributed by atoms with Crippen molar-refractivity contribution < 1.29 is 4.79 Å². The molecular weight excluding hydrogens is 530 g/mol. The van der Waals surface area contributed by atoms with E-state index >= 15 is 0 Å². The summed E-state index contributed by atoms with van der Waals surface area (Å²) >= 11 is 1.34. The molecular formula is C33H25N5O2S. The summed E-state index contributed by atoms with van der Waals surface area (Å²) in [6.45, 7) is 2.39. The number of benzene rings is 4. The number of nitrogens with zero attached hydrogens (tertiary/aromatic N) is 4. The molecule has 7 nitrogen and oxygen atoms in total. The van der Waals surface area contributed by atoms with Gasteiger partial charge in [-0.05, 0) is 36.2 Å². The van der Waals surface area contributed by atoms with E-state index in [-0.39, 0.29) is 11.3 Å². The Morgan fingerprint density at radius 1 is 0.854 bits per heavy atom. The third kappa shape index (κ3) is 4.42. The molecule has 200 valence electrons. The maximum absolute atomic E-state index is 14.2. The van der Waals surface area contributed by atoms with Crippen LogP contribution in [0.2, 0.25) is 0 Å². The van der Waals surface area contributed by atoms with Crippen molar-refractivity contribution in [3.8, 4) is 0 Å². The molecule has 0 spiro atoms. The fourth-order valence-corrected chi connectivity index (χ4v) is 6.36. The Morgan fingerprint density at radius 3 is 2.37 bits per heavy atom. The normalized spacial score (nSPS) is 12.3. The van der Waals surface area contributed by atoms with Crippen molar-refractivity contribution in [2.75, 3.05) is 0 Å². The van der Waals surface area contributed by atoms with Gasteiger partial charge in [0.25, 0.3) is 5.56 Å². The highest BCUT2D eigenvalue weighted by atomic mass is 32.2. The molecule has 8 heteroatoms. The van der Waals surface area contributed by atoms with Crippen molar-refractivity contribution in [2.45, 2.75) is 23.9 Å². The van der Waals surface area contributed by atoms with Crippen LogP contribution in [-0.4, -0.2) is 29.9 Å². The van der Waals surface area contributed by atoms with E-state index in [0.29, 0.717) is 33.9 Å². The van der Waals surface area contributed by atoms with Crippen molar-refractivity contribution in [1.29, 1.82) is 0 Å². The molecule has 0 fully saturated rings. The molecule has 0 amide bonds. The number of carbonyl (C=O) groups excluding carboxylic acids is 1. The second-order valence-electron chi connectivity index (χ2n) is 10.0. The number of aromatic nitrogens is 5. The summed E-state index contributed by atoms with van der Waals surface area (Å²) in [6, 6.07) is 33.1. The Balaban J connectivity index is 1.39. The molecule has 3 aromatic heterocycles. The number of aromatic amines is 1. The van der Waals surface area contributed by atoms with Crippen LogP contribution >= 0.6 is 11.8 Å². The monoisotopic (exact) mass is 555 g/mol. The summed E-state index contributed by atoms with van der Waals surface area (Å²) in [7, 11) is 0. The van der Waals surface area contributed by atoms with Gasteiger partial charge in [-0.3, -0.25) is 18.6 Å². The molecule has 7 aromatic rings. The zero-order chi connectivity index (χ0) is 27.9. The summed E-state index contributed by atoms with van der Waals surface area (Å²) in [5.74, 6) is 0.399. The average Bonchev–Trinajstić information content (AvgIpc) is 3.64. The van der Waals surface area contributed by atoms with E-state index < -0.39 is 5.25 Å². The van der Waals surface area contributed by atoms with Crippen LogP contribution in [0, 0.1) is 6.92 Å². The third-order valence-corrected chi connectivity index (χ3v) is 8.55. The van der Waals surface area contributed by atoms with Gasteiger partial charge >= 0.3 is 0 Å². The maximum atomic E-state index is 14.2. The van der Waals surface area contributed by atoms with E-state index in [2.05, 4.69) is 15.2 Å². The topological polar surface area (TPSA) is 85.0 Å². The van der Waals surface area contributed by atoms with E-state index in [1.165, 1.54) is 11.8 Å². The van der Waals surface area contributed by atoms with Crippen molar-refractivity contribution in [1.82, 2.24) is 24.1 Å². The number of rotatable bonds is 7. The molecule has 0 saturated carbocycles. The first-order chi connectivity index (χ1) is 20.1. The lowest BCUT2D eigenvalue weighted by molar-refractivity contribution is 0.0991. The van der Waals surface area contributed by atoms with Crippen LogP contribution in [0.1, 0.15) is 32.3 Å². The van der Waals surface area contributed by atoms with Crippen molar-refractivity contribution in [3.05, 3.63) is 142 Å². The number of hydrogen-bond acceptors (Lipinski definition) is 5. The van der Waals surface area contributed by atoms with Gasteiger partial charge in [-0.25, -0.2) is 0 Å². The molecule has 0 saturated heterocycles. The summed E-state index contributed by atoms with van der Waals surface area (Å²) in [5.41, 5.74) is 5.10. The van der Waals surface area contributed by atoms with Crippen molar-refractivity contribution in [3.63, 3.8) is 0 Å². The number of nitrogens with one attached hydrogen (secondary N) is 1. The molecule has 41 heavy (non-hydrogen) atoms. The number of fused-ring (bicyclic) bond motifs is 4. The van der Waals surface area contributed by atoms with Crippen LogP contribution in [0.25, 0.3) is 27.6 Å². The molecule has 7 rings (SSSR count). The Hall–Kier alpha value is -4.95. The molecule has 1 N–H and O–H groups in total. The number of hydrogen-bond donors (Lipinski definition) is 1. The summed E-state index contributed by atoms with van der Waals surface area (Å²) in [5, 5.41) is 10.4. The van der Waals surface area contributed by atoms with Crippen LogP contribution in [-0.2, 0) is 6.54 Å². The standard InChI is InChI=1S/C33H25N5O2S/c1-21-15-17-22(18-16-21)20-37-31(40)25-12-6-8-14-28(25)38-32(37)35-36-33(38)41-30(23-9-3-2-4-10-23)29(39)26-19-34-27-13-7-5-11-24(26)27/h2-19,30,34H,20H2,1H3/t30-/m1/s1. The van der Waals surface area contributed by atoms with Gasteiger partial charge in [-0.2, -0.15) is 0 Å². The molecule has 0 aliphatic heterocycles. The van der Waals surface area contributed by atoms with Crippen LogP contribution in [0.4, 0.5) is 0 Å². The lowest BCUT2D eigenvalue weighted by atomic mass is 10.0. The van der Waals surface area contributed by atoms with E-state index in [0.717, 1.165) is 27.6 Å². The Morgan fingerprint density at radius 2 is 1.56 bits per heavy atom. The number of aryl methyl sites for hydroxylation is 1. The van der Waals surface area contributed by atoms with Gasteiger partial charge in [0.15, 0.2) is 10.9 Å². The van der Waals surface area contributed by atoms with Crippen molar-refractivity contribution >= 4 is 45.1 Å². The first kappa shape index (κ1) is 25.0. The van der Waals surface area contributed by atoms with E-state index in [1.807, 2.05) is 114 Å². The van der Waals surface area contributed by atoms with Crippen LogP contribution in [0.15, 0.2) is 119 Å². The fourth-order valence-electron chi connectivity index (χ4n) is 5.25. The number of Topliss-reactive ketones (excluding diaryl/α,β-unsaturated/α-hetero) is 1. The van der Waals surface area contributed by atoms with Crippen LogP contribution in [0.5, 0.6) is 0 Å². The summed E-state index contributed by atoms with van der Waals surface area (Å²) in [6.07, 6.45) is 1.78. The van der Waals surface area contributed by atoms with Gasteiger partial charge in [-0.15, -0.1) is 10.2 Å². The lowest BCUT2D eigenvalue weighted by Crippen LogP contribution is -2.24. The third-order valence-electron chi connectivity index (χ3n) is 7.36. The zero-order valence-electron chi connectivity index (χ0n) is 22.2. The molecule has 4 aromatic carbocycles. The smallest absolute Gasteiger partial charge is 0.263 e. The van der Waals surface area contributed by atoms with Gasteiger partial charge < -0.3 is 4.98 Å². The lowest BCUT2D eigenvalue weighted by Gasteiger charge is -2.16. The second-order valence-corrected chi connectivity index (χ2v) is 11.1. The summed E-state index contributed by atoms with van der Waals surface area (Å²) < 4.78 is 3.55. The predicted molar refractivity (Wildman–Crippen MR) is 163 cm³/mol. The molecule has 1 atom stereocenters. The second kappa shape index (κ2) is 10.2. The van der Waals surface area contributed by atoms with Gasteiger partial charge in [-0.1, -0.05) is 102 Å². The number of para-hydroxylation sites is 2. The van der Waals surface area contributed by atoms with Gasteiger partial charge in [0, 0.05) is 22.7 Å². The minimum absolute atomic E-state index is 0.0346. The van der Waals surface area contributed by atoms with Crippen LogP contribution in [0.3, 0.4) is 0 Å².